The molecule has 0 aliphatic heterocycles. The van der Waals surface area contributed by atoms with Crippen LogP contribution in [0, 0.1) is 0 Å². The topological polar surface area (TPSA) is 75.4 Å². The van der Waals surface area contributed by atoms with Gasteiger partial charge in [-0.1, -0.05) is 11.6 Å². The molecule has 0 atom stereocenters. The van der Waals surface area contributed by atoms with Crippen LogP contribution in [0.5, 0.6) is 0 Å². The average molecular weight is 284 g/mol. The Bertz CT molecular complexity index is 473. The first kappa shape index (κ1) is 15.3. The molecule has 0 aliphatic rings. The van der Waals surface area contributed by atoms with E-state index in [0.717, 1.165) is 0 Å². The molecule has 0 unspecified atom stereocenters. The minimum atomic E-state index is -0.380. The van der Waals surface area contributed by atoms with Crippen molar-refractivity contribution >= 4 is 29.1 Å². The normalized spacial score (nSPS) is 10.1. The van der Waals surface area contributed by atoms with Crippen LogP contribution in [0.3, 0.4) is 0 Å². The number of likely N-dealkylation sites (N-methyl/N-ethyl adjacent to an activating group) is 1. The van der Waals surface area contributed by atoms with E-state index in [1.54, 1.807) is 11.0 Å². The van der Waals surface area contributed by atoms with Crippen molar-refractivity contribution in [1.82, 2.24) is 10.2 Å². The summed E-state index contributed by atoms with van der Waals surface area (Å²) < 4.78 is 0. The monoisotopic (exact) mass is 283 g/mol. The first-order valence-electron chi connectivity index (χ1n) is 6.10. The third-order valence-electron chi connectivity index (χ3n) is 2.77. The van der Waals surface area contributed by atoms with Crippen LogP contribution in [0.1, 0.15) is 24.2 Å². The van der Waals surface area contributed by atoms with Crippen LogP contribution < -0.4 is 11.1 Å². The quantitative estimate of drug-likeness (QED) is 0.805. The van der Waals surface area contributed by atoms with E-state index in [9.17, 15) is 9.59 Å². The fourth-order valence-corrected chi connectivity index (χ4v) is 1.86. The van der Waals surface area contributed by atoms with Crippen LogP contribution in [-0.2, 0) is 4.79 Å². The lowest BCUT2D eigenvalue weighted by Crippen LogP contribution is -2.40. The molecule has 5 nitrogen and oxygen atoms in total. The molecule has 0 saturated carbocycles. The minimum Gasteiger partial charge on any atom is -0.398 e. The van der Waals surface area contributed by atoms with Crippen molar-refractivity contribution in [2.24, 2.45) is 0 Å². The van der Waals surface area contributed by atoms with Gasteiger partial charge in [0.05, 0.1) is 12.1 Å². The van der Waals surface area contributed by atoms with Crippen LogP contribution in [0.2, 0.25) is 5.02 Å². The number of nitrogens with one attached hydrogen (secondary N) is 1. The fraction of sp³-hybridized carbons (Fsp3) is 0.385. The molecule has 0 bridgehead atoms. The Hall–Kier alpha value is -1.75. The summed E-state index contributed by atoms with van der Waals surface area (Å²) in [7, 11) is 0. The van der Waals surface area contributed by atoms with Gasteiger partial charge in [0, 0.05) is 23.8 Å². The van der Waals surface area contributed by atoms with Crippen LogP contribution in [0.25, 0.3) is 0 Å². The number of anilines is 1. The molecule has 1 rings (SSSR count). The van der Waals surface area contributed by atoms with Gasteiger partial charge in [-0.3, -0.25) is 9.59 Å². The van der Waals surface area contributed by atoms with E-state index in [4.69, 9.17) is 17.3 Å². The van der Waals surface area contributed by atoms with Gasteiger partial charge in [0.25, 0.3) is 5.91 Å². The largest absolute Gasteiger partial charge is 0.398 e. The molecule has 2 amide bonds. The highest BCUT2D eigenvalue weighted by atomic mass is 35.5. The third kappa shape index (κ3) is 4.13. The molecule has 6 heteroatoms. The summed E-state index contributed by atoms with van der Waals surface area (Å²) in [4.78, 5) is 25.3. The molecule has 104 valence electrons. The SMILES string of the molecule is CCN(CC)C(=O)CNC(=O)c1ccc(Cl)cc1N. The van der Waals surface area contributed by atoms with E-state index in [-0.39, 0.29) is 18.4 Å². The Balaban J connectivity index is 2.63. The number of amides is 2. The Labute approximate surface area is 117 Å². The van der Waals surface area contributed by atoms with E-state index < -0.39 is 0 Å². The second-order valence-electron chi connectivity index (χ2n) is 3.98. The molecule has 19 heavy (non-hydrogen) atoms. The second kappa shape index (κ2) is 6.99. The van der Waals surface area contributed by atoms with Crippen LogP contribution in [-0.4, -0.2) is 36.3 Å². The number of halogens is 1. The van der Waals surface area contributed by atoms with E-state index in [1.807, 2.05) is 13.8 Å². The lowest BCUT2D eigenvalue weighted by atomic mass is 10.1. The molecule has 0 heterocycles. The number of carbonyl (C=O) groups is 2. The summed E-state index contributed by atoms with van der Waals surface area (Å²) >= 11 is 5.76. The van der Waals surface area contributed by atoms with Crippen molar-refractivity contribution in [1.29, 1.82) is 0 Å². The van der Waals surface area contributed by atoms with E-state index in [1.165, 1.54) is 12.1 Å². The maximum absolute atomic E-state index is 11.9. The van der Waals surface area contributed by atoms with Gasteiger partial charge in [0.15, 0.2) is 0 Å². The molecular weight excluding hydrogens is 266 g/mol. The Morgan fingerprint density at radius 3 is 2.47 bits per heavy atom. The van der Waals surface area contributed by atoms with Crippen molar-refractivity contribution in [2.45, 2.75) is 13.8 Å². The molecule has 3 N–H and O–H groups in total. The molecule has 1 aromatic carbocycles. The van der Waals surface area contributed by atoms with E-state index in [2.05, 4.69) is 5.32 Å². The van der Waals surface area contributed by atoms with Crippen molar-refractivity contribution < 1.29 is 9.59 Å². The number of benzene rings is 1. The fourth-order valence-electron chi connectivity index (χ4n) is 1.68. The maximum Gasteiger partial charge on any atom is 0.253 e. The molecule has 0 radical (unpaired) electrons. The van der Waals surface area contributed by atoms with Gasteiger partial charge >= 0.3 is 0 Å². The molecule has 0 aliphatic carbocycles. The first-order chi connectivity index (χ1) is 8.99. The van der Waals surface area contributed by atoms with E-state index in [0.29, 0.717) is 29.4 Å². The molecule has 1 aromatic rings. The van der Waals surface area contributed by atoms with Crippen LogP contribution in [0.15, 0.2) is 18.2 Å². The van der Waals surface area contributed by atoms with Gasteiger partial charge in [0.2, 0.25) is 5.91 Å². The third-order valence-corrected chi connectivity index (χ3v) is 3.01. The summed E-state index contributed by atoms with van der Waals surface area (Å²) in [6.07, 6.45) is 0. The summed E-state index contributed by atoms with van der Waals surface area (Å²) in [5, 5.41) is 3.02. The van der Waals surface area contributed by atoms with Crippen molar-refractivity contribution in [3.8, 4) is 0 Å². The number of hydrogen-bond donors (Lipinski definition) is 2. The van der Waals surface area contributed by atoms with Gasteiger partial charge in [-0.15, -0.1) is 0 Å². The van der Waals surface area contributed by atoms with Gasteiger partial charge < -0.3 is 16.0 Å². The maximum atomic E-state index is 11.9. The number of hydrogen-bond acceptors (Lipinski definition) is 3. The highest BCUT2D eigenvalue weighted by Gasteiger charge is 2.13. The van der Waals surface area contributed by atoms with Crippen LogP contribution >= 0.6 is 11.6 Å². The number of rotatable bonds is 5. The van der Waals surface area contributed by atoms with Gasteiger partial charge in [0.1, 0.15) is 0 Å². The van der Waals surface area contributed by atoms with Crippen molar-refractivity contribution in [3.63, 3.8) is 0 Å². The second-order valence-corrected chi connectivity index (χ2v) is 4.42. The van der Waals surface area contributed by atoms with Crippen molar-refractivity contribution in [2.75, 3.05) is 25.4 Å². The van der Waals surface area contributed by atoms with Gasteiger partial charge in [-0.05, 0) is 32.0 Å². The minimum absolute atomic E-state index is 0.0391. The molecular formula is C13H18ClN3O2. The number of nitrogen functional groups attached to an aromatic ring is 1. The summed E-state index contributed by atoms with van der Waals surface area (Å²) in [6, 6.07) is 4.62. The summed E-state index contributed by atoms with van der Waals surface area (Å²) in [5.74, 6) is -0.499. The Morgan fingerprint density at radius 1 is 1.32 bits per heavy atom. The zero-order valence-corrected chi connectivity index (χ0v) is 11.8. The smallest absolute Gasteiger partial charge is 0.253 e. The lowest BCUT2D eigenvalue weighted by molar-refractivity contribution is -0.129. The zero-order chi connectivity index (χ0) is 14.4. The zero-order valence-electron chi connectivity index (χ0n) is 11.1. The summed E-state index contributed by atoms with van der Waals surface area (Å²) in [6.45, 7) is 4.98. The van der Waals surface area contributed by atoms with Gasteiger partial charge in [-0.25, -0.2) is 0 Å². The Kier molecular flexibility index (Phi) is 5.63. The van der Waals surface area contributed by atoms with Crippen molar-refractivity contribution in [3.05, 3.63) is 28.8 Å². The first-order valence-corrected chi connectivity index (χ1v) is 6.48. The average Bonchev–Trinajstić information content (AvgIpc) is 2.37. The standard InChI is InChI=1S/C13H18ClN3O2/c1-3-17(4-2)12(18)8-16-13(19)10-6-5-9(14)7-11(10)15/h5-7H,3-4,8,15H2,1-2H3,(H,16,19). The highest BCUT2D eigenvalue weighted by molar-refractivity contribution is 6.31. The van der Waals surface area contributed by atoms with E-state index >= 15 is 0 Å². The van der Waals surface area contributed by atoms with Gasteiger partial charge in [-0.2, -0.15) is 0 Å². The lowest BCUT2D eigenvalue weighted by Gasteiger charge is -2.18. The predicted octanol–water partition coefficient (Wildman–Crippen LogP) is 1.52. The highest BCUT2D eigenvalue weighted by Crippen LogP contribution is 2.17. The number of carbonyl (C=O) groups excluding carboxylic acids is 2. The Morgan fingerprint density at radius 2 is 1.95 bits per heavy atom. The molecule has 0 saturated heterocycles. The molecule has 0 fully saturated rings. The predicted molar refractivity (Wildman–Crippen MR) is 76.1 cm³/mol. The number of nitrogens with zero attached hydrogens (tertiary/aromatic N) is 1. The molecule has 0 spiro atoms. The summed E-state index contributed by atoms with van der Waals surface area (Å²) in [5.41, 5.74) is 6.31. The number of nitrogens with two attached hydrogens (primary N) is 1. The van der Waals surface area contributed by atoms with Crippen LogP contribution in [0.4, 0.5) is 5.69 Å². The molecule has 0 aromatic heterocycles.